The molecule has 0 saturated heterocycles. The second-order valence-electron chi connectivity index (χ2n) is 8.67. The monoisotopic (exact) mass is 428 g/mol. The van der Waals surface area contributed by atoms with Crippen molar-refractivity contribution in [3.63, 3.8) is 0 Å². The Morgan fingerprint density at radius 3 is 2.32 bits per heavy atom. The molecule has 0 atom stereocenters. The van der Waals surface area contributed by atoms with Gasteiger partial charge in [-0.25, -0.2) is 4.98 Å². The smallest absolute Gasteiger partial charge is 0.252 e. The van der Waals surface area contributed by atoms with Crippen LogP contribution in [0.3, 0.4) is 0 Å². The number of fused-ring (bicyclic) bond motifs is 1. The molecule has 0 aliphatic carbocycles. The summed E-state index contributed by atoms with van der Waals surface area (Å²) in [5.74, 6) is -0.147. The van der Waals surface area contributed by atoms with E-state index in [9.17, 15) is 4.79 Å². The molecular formula is C27H25ClN2O. The molecule has 0 spiro atoms. The van der Waals surface area contributed by atoms with Crippen molar-refractivity contribution < 1.29 is 4.79 Å². The van der Waals surface area contributed by atoms with E-state index in [0.29, 0.717) is 17.1 Å². The molecule has 0 aliphatic rings. The van der Waals surface area contributed by atoms with Gasteiger partial charge < -0.3 is 5.32 Å². The second-order valence-corrected chi connectivity index (χ2v) is 9.08. The third-order valence-electron chi connectivity index (χ3n) is 5.40. The molecular weight excluding hydrogens is 404 g/mol. The van der Waals surface area contributed by atoms with E-state index in [1.54, 1.807) is 0 Å². The van der Waals surface area contributed by atoms with Crippen LogP contribution in [0.15, 0.2) is 78.9 Å². The van der Waals surface area contributed by atoms with Crippen LogP contribution in [-0.2, 0) is 12.0 Å². The molecule has 3 nitrogen and oxygen atoms in total. The lowest BCUT2D eigenvalue weighted by Crippen LogP contribution is -2.23. The van der Waals surface area contributed by atoms with E-state index in [0.717, 1.165) is 27.7 Å². The average Bonchev–Trinajstić information content (AvgIpc) is 2.77. The predicted octanol–water partition coefficient (Wildman–Crippen LogP) is 6.78. The quantitative estimate of drug-likeness (QED) is 0.389. The maximum atomic E-state index is 13.1. The summed E-state index contributed by atoms with van der Waals surface area (Å²) in [5.41, 5.74) is 5.39. The minimum atomic E-state index is -0.147. The lowest BCUT2D eigenvalue weighted by Gasteiger charge is -2.19. The molecule has 1 aromatic heterocycles. The lowest BCUT2D eigenvalue weighted by molar-refractivity contribution is 0.0952. The Morgan fingerprint density at radius 2 is 1.61 bits per heavy atom. The van der Waals surface area contributed by atoms with E-state index >= 15 is 0 Å². The molecule has 0 fully saturated rings. The molecule has 3 aromatic carbocycles. The third-order valence-corrected chi connectivity index (χ3v) is 5.77. The van der Waals surface area contributed by atoms with Gasteiger partial charge in [0.05, 0.1) is 16.8 Å². The van der Waals surface area contributed by atoms with Gasteiger partial charge in [-0.05, 0) is 34.7 Å². The van der Waals surface area contributed by atoms with Crippen LogP contribution in [0.1, 0.15) is 42.3 Å². The van der Waals surface area contributed by atoms with Crippen LogP contribution in [0.2, 0.25) is 5.02 Å². The Morgan fingerprint density at radius 1 is 0.935 bits per heavy atom. The molecule has 156 valence electrons. The van der Waals surface area contributed by atoms with Crippen LogP contribution in [0.4, 0.5) is 0 Å². The molecule has 0 saturated carbocycles. The molecule has 1 heterocycles. The van der Waals surface area contributed by atoms with E-state index in [1.807, 2.05) is 54.6 Å². The van der Waals surface area contributed by atoms with E-state index < -0.39 is 0 Å². The van der Waals surface area contributed by atoms with Crippen molar-refractivity contribution in [2.45, 2.75) is 32.7 Å². The highest BCUT2D eigenvalue weighted by molar-refractivity contribution is 6.31. The van der Waals surface area contributed by atoms with Gasteiger partial charge in [-0.2, -0.15) is 0 Å². The highest BCUT2D eigenvalue weighted by atomic mass is 35.5. The Balaban J connectivity index is 1.70. The first-order chi connectivity index (χ1) is 14.8. The van der Waals surface area contributed by atoms with Gasteiger partial charge in [0.25, 0.3) is 5.91 Å². The molecule has 4 heteroatoms. The fourth-order valence-electron chi connectivity index (χ4n) is 3.56. The zero-order valence-corrected chi connectivity index (χ0v) is 18.7. The molecule has 1 N–H and O–H groups in total. The van der Waals surface area contributed by atoms with Crippen molar-refractivity contribution >= 4 is 28.4 Å². The van der Waals surface area contributed by atoms with E-state index in [-0.39, 0.29) is 11.3 Å². The first kappa shape index (κ1) is 21.1. The highest BCUT2D eigenvalue weighted by Crippen LogP contribution is 2.28. The summed E-state index contributed by atoms with van der Waals surface area (Å²) < 4.78 is 0. The number of nitrogens with zero attached hydrogens (tertiary/aromatic N) is 1. The fraction of sp³-hybridized carbons (Fsp3) is 0.185. The van der Waals surface area contributed by atoms with Crippen molar-refractivity contribution in [3.8, 4) is 11.3 Å². The topological polar surface area (TPSA) is 42.0 Å². The van der Waals surface area contributed by atoms with E-state index in [4.69, 9.17) is 16.6 Å². The van der Waals surface area contributed by atoms with E-state index in [1.165, 1.54) is 5.56 Å². The fourth-order valence-corrected chi connectivity index (χ4v) is 3.77. The number of carbonyl (C=O) groups is 1. The molecule has 0 bridgehead atoms. The summed E-state index contributed by atoms with van der Waals surface area (Å²) in [6, 6.07) is 25.5. The minimum Gasteiger partial charge on any atom is -0.348 e. The summed E-state index contributed by atoms with van der Waals surface area (Å²) in [4.78, 5) is 17.9. The van der Waals surface area contributed by atoms with Crippen LogP contribution in [0.5, 0.6) is 0 Å². The number of aromatic nitrogens is 1. The zero-order chi connectivity index (χ0) is 22.0. The van der Waals surface area contributed by atoms with Gasteiger partial charge in [0, 0.05) is 22.5 Å². The Hall–Kier alpha value is -3.17. The highest BCUT2D eigenvalue weighted by Gasteiger charge is 2.16. The summed E-state index contributed by atoms with van der Waals surface area (Å²) in [5, 5.41) is 4.47. The lowest BCUT2D eigenvalue weighted by atomic mass is 9.86. The first-order valence-electron chi connectivity index (χ1n) is 10.4. The zero-order valence-electron chi connectivity index (χ0n) is 17.9. The average molecular weight is 429 g/mol. The third kappa shape index (κ3) is 4.62. The van der Waals surface area contributed by atoms with Crippen LogP contribution in [0, 0.1) is 0 Å². The number of rotatable bonds is 4. The number of hydrogen-bond acceptors (Lipinski definition) is 2. The summed E-state index contributed by atoms with van der Waals surface area (Å²) >= 11 is 6.24. The summed E-state index contributed by atoms with van der Waals surface area (Å²) in [6.45, 7) is 6.94. The summed E-state index contributed by atoms with van der Waals surface area (Å²) in [7, 11) is 0. The Bertz CT molecular complexity index is 1240. The maximum Gasteiger partial charge on any atom is 0.252 e. The summed E-state index contributed by atoms with van der Waals surface area (Å²) in [6.07, 6.45) is 0. The minimum absolute atomic E-state index is 0.0824. The largest absolute Gasteiger partial charge is 0.348 e. The second kappa shape index (κ2) is 8.52. The number of hydrogen-bond donors (Lipinski definition) is 1. The Kier molecular flexibility index (Phi) is 5.79. The number of pyridine rings is 1. The number of carbonyl (C=O) groups excluding carboxylic acids is 1. The van der Waals surface area contributed by atoms with Gasteiger partial charge in [-0.15, -0.1) is 0 Å². The SMILES string of the molecule is CC(C)(C)c1ccc(-c2cc(C(=O)NCc3ccccc3Cl)c3ccccc3n2)cc1. The number of benzene rings is 3. The molecule has 0 aliphatic heterocycles. The van der Waals surface area contributed by atoms with Gasteiger partial charge in [0.15, 0.2) is 0 Å². The van der Waals surface area contributed by atoms with Crippen molar-refractivity contribution in [2.24, 2.45) is 0 Å². The maximum absolute atomic E-state index is 13.1. The van der Waals surface area contributed by atoms with Gasteiger partial charge in [-0.3, -0.25) is 4.79 Å². The number of nitrogens with one attached hydrogen (secondary N) is 1. The number of halogens is 1. The van der Waals surface area contributed by atoms with Gasteiger partial charge in [0.2, 0.25) is 0 Å². The molecule has 4 aromatic rings. The standard InChI is InChI=1S/C27H25ClN2O/c1-27(2,3)20-14-12-18(13-15-20)25-16-22(21-9-5-7-11-24(21)30-25)26(31)29-17-19-8-4-6-10-23(19)28/h4-16H,17H2,1-3H3,(H,29,31). The van der Waals surface area contributed by atoms with Crippen molar-refractivity contribution in [3.05, 3.63) is 101 Å². The molecule has 0 unspecified atom stereocenters. The van der Waals surface area contributed by atoms with Crippen molar-refractivity contribution in [1.29, 1.82) is 0 Å². The van der Waals surface area contributed by atoms with Gasteiger partial charge in [0.1, 0.15) is 0 Å². The van der Waals surface area contributed by atoms with Gasteiger partial charge >= 0.3 is 0 Å². The molecule has 4 rings (SSSR count). The van der Waals surface area contributed by atoms with E-state index in [2.05, 4.69) is 50.4 Å². The molecule has 31 heavy (non-hydrogen) atoms. The number of amides is 1. The van der Waals surface area contributed by atoms with Crippen molar-refractivity contribution in [2.75, 3.05) is 0 Å². The van der Waals surface area contributed by atoms with Crippen LogP contribution in [-0.4, -0.2) is 10.9 Å². The molecule has 0 radical (unpaired) electrons. The first-order valence-corrected chi connectivity index (χ1v) is 10.7. The van der Waals surface area contributed by atoms with Crippen LogP contribution >= 0.6 is 11.6 Å². The molecule has 1 amide bonds. The van der Waals surface area contributed by atoms with Gasteiger partial charge in [-0.1, -0.05) is 93.0 Å². The number of para-hydroxylation sites is 1. The predicted molar refractivity (Wildman–Crippen MR) is 129 cm³/mol. The van der Waals surface area contributed by atoms with Crippen molar-refractivity contribution in [1.82, 2.24) is 10.3 Å². The normalized spacial score (nSPS) is 11.5. The Labute approximate surface area is 188 Å². The van der Waals surface area contributed by atoms with Crippen LogP contribution in [0.25, 0.3) is 22.2 Å². The van der Waals surface area contributed by atoms with Crippen LogP contribution < -0.4 is 5.32 Å².